The first kappa shape index (κ1) is 13.8. The summed E-state index contributed by atoms with van der Waals surface area (Å²) < 4.78 is 0. The Morgan fingerprint density at radius 2 is 2.16 bits per heavy atom. The standard InChI is InChI=1S/C14H22N4O/c1-10-4-3-5-13(16-10)18-8-6-12(7-9-18)17-14(19)11(2)15/h3-5,11-12H,6-9,15H2,1-2H3,(H,17,19)/t11-/m1/s1. The molecule has 1 aliphatic rings. The fourth-order valence-electron chi connectivity index (χ4n) is 2.29. The molecular weight excluding hydrogens is 240 g/mol. The number of hydrogen-bond acceptors (Lipinski definition) is 4. The molecule has 0 aromatic carbocycles. The van der Waals surface area contributed by atoms with Gasteiger partial charge < -0.3 is 16.0 Å². The molecule has 0 aliphatic carbocycles. The van der Waals surface area contributed by atoms with Crippen LogP contribution in [0.3, 0.4) is 0 Å². The highest BCUT2D eigenvalue weighted by molar-refractivity contribution is 5.81. The Morgan fingerprint density at radius 1 is 1.47 bits per heavy atom. The zero-order valence-electron chi connectivity index (χ0n) is 11.6. The lowest BCUT2D eigenvalue weighted by molar-refractivity contribution is -0.122. The molecule has 3 N–H and O–H groups in total. The molecule has 1 aromatic heterocycles. The lowest BCUT2D eigenvalue weighted by Crippen LogP contribution is -2.49. The second-order valence-electron chi connectivity index (χ2n) is 5.20. The number of aryl methyl sites for hydroxylation is 1. The Labute approximate surface area is 114 Å². The van der Waals surface area contributed by atoms with E-state index in [4.69, 9.17) is 5.73 Å². The van der Waals surface area contributed by atoms with Gasteiger partial charge in [0.2, 0.25) is 5.91 Å². The predicted molar refractivity (Wildman–Crippen MR) is 76.0 cm³/mol. The number of aromatic nitrogens is 1. The maximum Gasteiger partial charge on any atom is 0.236 e. The number of rotatable bonds is 3. The second-order valence-corrected chi connectivity index (χ2v) is 5.20. The number of pyridine rings is 1. The van der Waals surface area contributed by atoms with Gasteiger partial charge in [-0.15, -0.1) is 0 Å². The highest BCUT2D eigenvalue weighted by Crippen LogP contribution is 2.18. The van der Waals surface area contributed by atoms with Crippen LogP contribution in [-0.2, 0) is 4.79 Å². The van der Waals surface area contributed by atoms with E-state index in [0.29, 0.717) is 0 Å². The second kappa shape index (κ2) is 6.02. The Bertz CT molecular complexity index is 439. The van der Waals surface area contributed by atoms with Crippen molar-refractivity contribution in [1.82, 2.24) is 10.3 Å². The van der Waals surface area contributed by atoms with Crippen LogP contribution < -0.4 is 16.0 Å². The average molecular weight is 262 g/mol. The van der Waals surface area contributed by atoms with Gasteiger partial charge in [-0.1, -0.05) is 6.07 Å². The molecule has 0 saturated carbocycles. The van der Waals surface area contributed by atoms with Crippen molar-refractivity contribution in [1.29, 1.82) is 0 Å². The Balaban J connectivity index is 1.87. The predicted octanol–water partition coefficient (Wildman–Crippen LogP) is 0.822. The van der Waals surface area contributed by atoms with Crippen LogP contribution in [0.1, 0.15) is 25.5 Å². The number of amides is 1. The number of nitrogens with two attached hydrogens (primary N) is 1. The fraction of sp³-hybridized carbons (Fsp3) is 0.571. The van der Waals surface area contributed by atoms with E-state index in [-0.39, 0.29) is 11.9 Å². The third-order valence-corrected chi connectivity index (χ3v) is 3.45. The van der Waals surface area contributed by atoms with Crippen molar-refractivity contribution in [3.05, 3.63) is 23.9 Å². The zero-order valence-corrected chi connectivity index (χ0v) is 11.6. The van der Waals surface area contributed by atoms with E-state index < -0.39 is 6.04 Å². The van der Waals surface area contributed by atoms with Gasteiger partial charge in [0.15, 0.2) is 0 Å². The summed E-state index contributed by atoms with van der Waals surface area (Å²) >= 11 is 0. The Kier molecular flexibility index (Phi) is 4.37. The number of carbonyl (C=O) groups excluding carboxylic acids is 1. The summed E-state index contributed by atoms with van der Waals surface area (Å²) in [5, 5.41) is 2.99. The molecule has 0 spiro atoms. The molecule has 0 bridgehead atoms. The summed E-state index contributed by atoms with van der Waals surface area (Å²) in [6, 6.07) is 5.87. The van der Waals surface area contributed by atoms with Crippen molar-refractivity contribution in [2.75, 3.05) is 18.0 Å². The molecule has 1 amide bonds. The van der Waals surface area contributed by atoms with Gasteiger partial charge in [-0.3, -0.25) is 4.79 Å². The molecule has 5 nitrogen and oxygen atoms in total. The van der Waals surface area contributed by atoms with Gasteiger partial charge in [0.1, 0.15) is 5.82 Å². The first-order valence-electron chi connectivity index (χ1n) is 6.81. The van der Waals surface area contributed by atoms with E-state index in [2.05, 4.69) is 15.2 Å². The van der Waals surface area contributed by atoms with Crippen LogP contribution in [0, 0.1) is 6.92 Å². The third kappa shape index (κ3) is 3.67. The van der Waals surface area contributed by atoms with Crippen LogP contribution in [-0.4, -0.2) is 36.1 Å². The molecule has 1 aliphatic heterocycles. The van der Waals surface area contributed by atoms with Crippen molar-refractivity contribution in [3.8, 4) is 0 Å². The molecule has 1 atom stereocenters. The number of hydrogen-bond donors (Lipinski definition) is 2. The minimum atomic E-state index is -0.434. The van der Waals surface area contributed by atoms with Gasteiger partial charge in [-0.25, -0.2) is 4.98 Å². The molecule has 1 aromatic rings. The maximum absolute atomic E-state index is 11.5. The quantitative estimate of drug-likeness (QED) is 0.846. The van der Waals surface area contributed by atoms with Gasteiger partial charge >= 0.3 is 0 Å². The van der Waals surface area contributed by atoms with Crippen molar-refractivity contribution >= 4 is 11.7 Å². The van der Waals surface area contributed by atoms with Crippen molar-refractivity contribution in [2.45, 2.75) is 38.8 Å². The summed E-state index contributed by atoms with van der Waals surface area (Å²) in [7, 11) is 0. The van der Waals surface area contributed by atoms with E-state index in [1.807, 2.05) is 25.1 Å². The van der Waals surface area contributed by atoms with Crippen LogP contribution in [0.25, 0.3) is 0 Å². The fourth-order valence-corrected chi connectivity index (χ4v) is 2.29. The van der Waals surface area contributed by atoms with E-state index in [1.165, 1.54) is 0 Å². The number of piperidine rings is 1. The van der Waals surface area contributed by atoms with Crippen LogP contribution in [0.2, 0.25) is 0 Å². The molecule has 2 heterocycles. The van der Waals surface area contributed by atoms with Crippen LogP contribution in [0.4, 0.5) is 5.82 Å². The largest absolute Gasteiger partial charge is 0.356 e. The minimum Gasteiger partial charge on any atom is -0.356 e. The monoisotopic (exact) mass is 262 g/mol. The van der Waals surface area contributed by atoms with Gasteiger partial charge in [-0.05, 0) is 38.8 Å². The first-order chi connectivity index (χ1) is 9.06. The number of nitrogens with one attached hydrogen (secondary N) is 1. The van der Waals surface area contributed by atoms with E-state index in [0.717, 1.165) is 37.4 Å². The highest BCUT2D eigenvalue weighted by atomic mass is 16.2. The van der Waals surface area contributed by atoms with Crippen molar-refractivity contribution in [2.24, 2.45) is 5.73 Å². The molecule has 1 fully saturated rings. The normalized spacial score (nSPS) is 18.2. The Morgan fingerprint density at radius 3 is 2.74 bits per heavy atom. The van der Waals surface area contributed by atoms with Crippen LogP contribution in [0.5, 0.6) is 0 Å². The minimum absolute atomic E-state index is 0.0628. The van der Waals surface area contributed by atoms with Crippen molar-refractivity contribution in [3.63, 3.8) is 0 Å². The third-order valence-electron chi connectivity index (χ3n) is 3.45. The average Bonchev–Trinajstić information content (AvgIpc) is 2.39. The van der Waals surface area contributed by atoms with E-state index in [9.17, 15) is 4.79 Å². The van der Waals surface area contributed by atoms with E-state index >= 15 is 0 Å². The molecule has 0 radical (unpaired) electrons. The molecule has 5 heteroatoms. The maximum atomic E-state index is 11.5. The molecule has 2 rings (SSSR count). The number of carbonyl (C=O) groups is 1. The summed E-state index contributed by atoms with van der Waals surface area (Å²) in [5.41, 5.74) is 6.59. The summed E-state index contributed by atoms with van der Waals surface area (Å²) in [6.07, 6.45) is 1.88. The smallest absolute Gasteiger partial charge is 0.236 e. The van der Waals surface area contributed by atoms with Crippen LogP contribution >= 0.6 is 0 Å². The number of nitrogens with zero attached hydrogens (tertiary/aromatic N) is 2. The van der Waals surface area contributed by atoms with Crippen molar-refractivity contribution < 1.29 is 4.79 Å². The zero-order chi connectivity index (χ0) is 13.8. The molecule has 1 saturated heterocycles. The van der Waals surface area contributed by atoms with Gasteiger partial charge in [0.25, 0.3) is 0 Å². The lowest BCUT2D eigenvalue weighted by Gasteiger charge is -2.33. The van der Waals surface area contributed by atoms with Gasteiger partial charge in [-0.2, -0.15) is 0 Å². The van der Waals surface area contributed by atoms with Gasteiger partial charge in [0.05, 0.1) is 6.04 Å². The number of anilines is 1. The van der Waals surface area contributed by atoms with E-state index in [1.54, 1.807) is 6.92 Å². The summed E-state index contributed by atoms with van der Waals surface area (Å²) in [4.78, 5) is 18.3. The molecule has 0 unspecified atom stereocenters. The molecule has 19 heavy (non-hydrogen) atoms. The van der Waals surface area contributed by atoms with Gasteiger partial charge in [0, 0.05) is 24.8 Å². The topological polar surface area (TPSA) is 71.2 Å². The highest BCUT2D eigenvalue weighted by Gasteiger charge is 2.22. The van der Waals surface area contributed by atoms with Crippen LogP contribution in [0.15, 0.2) is 18.2 Å². The first-order valence-corrected chi connectivity index (χ1v) is 6.81. The Hall–Kier alpha value is -1.62. The lowest BCUT2D eigenvalue weighted by atomic mass is 10.0. The molecule has 104 valence electrons. The molecular formula is C14H22N4O. The summed E-state index contributed by atoms with van der Waals surface area (Å²) in [6.45, 7) is 5.54. The summed E-state index contributed by atoms with van der Waals surface area (Å²) in [5.74, 6) is 0.962. The SMILES string of the molecule is Cc1cccc(N2CCC(NC(=O)[C@@H](C)N)CC2)n1.